The van der Waals surface area contributed by atoms with Gasteiger partial charge in [0.1, 0.15) is 0 Å². The number of carboxylic acids is 1. The predicted octanol–water partition coefficient (Wildman–Crippen LogP) is 1.48. The van der Waals surface area contributed by atoms with Crippen LogP contribution in [0.3, 0.4) is 0 Å². The molecule has 0 aromatic rings. The van der Waals surface area contributed by atoms with Gasteiger partial charge < -0.3 is 15.3 Å². The third-order valence-electron chi connectivity index (χ3n) is 4.51. The summed E-state index contributed by atoms with van der Waals surface area (Å²) in [5.41, 5.74) is -0.911. The molecule has 1 rings (SSSR count). The van der Waals surface area contributed by atoms with Gasteiger partial charge in [-0.1, -0.05) is 13.8 Å². The molecule has 0 spiro atoms. The van der Waals surface area contributed by atoms with E-state index in [2.05, 4.69) is 17.3 Å². The van der Waals surface area contributed by atoms with Gasteiger partial charge in [0.2, 0.25) is 5.91 Å². The molecule has 1 aliphatic heterocycles. The fourth-order valence-corrected chi connectivity index (χ4v) is 2.72. The molecule has 5 heteroatoms. The van der Waals surface area contributed by atoms with Crippen LogP contribution in [0.2, 0.25) is 0 Å². The van der Waals surface area contributed by atoms with Crippen LogP contribution in [0.4, 0.5) is 0 Å². The lowest BCUT2D eigenvalue weighted by Gasteiger charge is -2.26. The fourth-order valence-electron chi connectivity index (χ4n) is 2.72. The Kier molecular flexibility index (Phi) is 5.79. The van der Waals surface area contributed by atoms with Gasteiger partial charge in [-0.25, -0.2) is 0 Å². The van der Waals surface area contributed by atoms with Crippen LogP contribution < -0.4 is 5.32 Å². The van der Waals surface area contributed by atoms with Gasteiger partial charge in [-0.15, -0.1) is 0 Å². The number of hydrogen-bond donors (Lipinski definition) is 2. The van der Waals surface area contributed by atoms with Gasteiger partial charge in [0.25, 0.3) is 0 Å². The Bertz CT molecular complexity index is 327. The number of nitrogens with zero attached hydrogens (tertiary/aromatic N) is 1. The lowest BCUT2D eigenvalue weighted by molar-refractivity contribution is -0.152. The maximum atomic E-state index is 12.0. The normalized spacial score (nSPS) is 20.5. The predicted molar refractivity (Wildman–Crippen MR) is 73.9 cm³/mol. The van der Waals surface area contributed by atoms with Gasteiger partial charge in [-0.2, -0.15) is 0 Å². The minimum Gasteiger partial charge on any atom is -0.481 e. The molecule has 1 unspecified atom stereocenters. The van der Waals surface area contributed by atoms with E-state index >= 15 is 0 Å². The van der Waals surface area contributed by atoms with E-state index in [0.717, 1.165) is 13.0 Å². The second-order valence-electron chi connectivity index (χ2n) is 5.55. The van der Waals surface area contributed by atoms with Crippen molar-refractivity contribution in [2.45, 2.75) is 52.0 Å². The number of amides is 1. The van der Waals surface area contributed by atoms with Crippen LogP contribution in [-0.4, -0.2) is 48.1 Å². The molecule has 19 heavy (non-hydrogen) atoms. The second-order valence-corrected chi connectivity index (χ2v) is 5.55. The van der Waals surface area contributed by atoms with E-state index in [0.29, 0.717) is 25.4 Å². The first-order chi connectivity index (χ1) is 8.95. The van der Waals surface area contributed by atoms with Crippen molar-refractivity contribution in [3.05, 3.63) is 0 Å². The van der Waals surface area contributed by atoms with Crippen LogP contribution in [0, 0.1) is 5.41 Å². The highest BCUT2D eigenvalue weighted by Gasteiger charge is 2.37. The highest BCUT2D eigenvalue weighted by atomic mass is 16.4. The molecule has 0 aromatic carbocycles. The summed E-state index contributed by atoms with van der Waals surface area (Å²) in [5, 5.41) is 12.2. The first kappa shape index (κ1) is 16.0. The smallest absolute Gasteiger partial charge is 0.310 e. The lowest BCUT2D eigenvalue weighted by atomic mass is 9.79. The van der Waals surface area contributed by atoms with E-state index in [1.54, 1.807) is 0 Å². The SMILES string of the molecule is CCC(CC)(CC(=O)NCC1CCCN1C)C(=O)O. The minimum atomic E-state index is -0.911. The van der Waals surface area contributed by atoms with Crippen molar-refractivity contribution in [2.75, 3.05) is 20.1 Å². The van der Waals surface area contributed by atoms with Crippen molar-refractivity contribution >= 4 is 11.9 Å². The molecule has 110 valence electrons. The van der Waals surface area contributed by atoms with Crippen molar-refractivity contribution in [1.29, 1.82) is 0 Å². The zero-order chi connectivity index (χ0) is 14.5. The van der Waals surface area contributed by atoms with Crippen molar-refractivity contribution in [2.24, 2.45) is 5.41 Å². The number of likely N-dealkylation sites (tertiary alicyclic amines) is 1. The highest BCUT2D eigenvalue weighted by Crippen LogP contribution is 2.30. The van der Waals surface area contributed by atoms with Crippen LogP contribution in [-0.2, 0) is 9.59 Å². The lowest BCUT2D eigenvalue weighted by Crippen LogP contribution is -2.41. The molecule has 0 aromatic heterocycles. The summed E-state index contributed by atoms with van der Waals surface area (Å²) in [6.07, 6.45) is 3.30. The molecule has 1 heterocycles. The quantitative estimate of drug-likeness (QED) is 0.735. The van der Waals surface area contributed by atoms with E-state index in [1.165, 1.54) is 6.42 Å². The standard InChI is InChI=1S/C14H26N2O3/c1-4-14(5-2,13(18)19)9-12(17)15-10-11-7-6-8-16(11)3/h11H,4-10H2,1-3H3,(H,15,17)(H,18,19). The number of nitrogens with one attached hydrogen (secondary N) is 1. The molecule has 0 radical (unpaired) electrons. The molecule has 5 nitrogen and oxygen atoms in total. The zero-order valence-corrected chi connectivity index (χ0v) is 12.2. The summed E-state index contributed by atoms with van der Waals surface area (Å²) in [5.74, 6) is -1.02. The topological polar surface area (TPSA) is 69.6 Å². The average molecular weight is 270 g/mol. The molecule has 1 saturated heterocycles. The van der Waals surface area contributed by atoms with Crippen molar-refractivity contribution < 1.29 is 14.7 Å². The van der Waals surface area contributed by atoms with Crippen molar-refractivity contribution in [1.82, 2.24) is 10.2 Å². The molecule has 2 N–H and O–H groups in total. The van der Waals surface area contributed by atoms with Gasteiger partial charge in [0, 0.05) is 19.0 Å². The summed E-state index contributed by atoms with van der Waals surface area (Å²) in [6, 6.07) is 0.395. The van der Waals surface area contributed by atoms with Gasteiger partial charge in [-0.3, -0.25) is 9.59 Å². The first-order valence-electron chi connectivity index (χ1n) is 7.15. The monoisotopic (exact) mass is 270 g/mol. The maximum absolute atomic E-state index is 12.0. The number of carbonyl (C=O) groups is 2. The van der Waals surface area contributed by atoms with Gasteiger partial charge in [0.05, 0.1) is 5.41 Å². The van der Waals surface area contributed by atoms with E-state index in [-0.39, 0.29) is 12.3 Å². The van der Waals surface area contributed by atoms with Crippen LogP contribution >= 0.6 is 0 Å². The summed E-state index contributed by atoms with van der Waals surface area (Å²) < 4.78 is 0. The Morgan fingerprint density at radius 3 is 2.42 bits per heavy atom. The summed E-state index contributed by atoms with van der Waals surface area (Å²) in [4.78, 5) is 25.5. The number of hydrogen-bond acceptors (Lipinski definition) is 3. The first-order valence-corrected chi connectivity index (χ1v) is 7.15. The van der Waals surface area contributed by atoms with Crippen LogP contribution in [0.5, 0.6) is 0 Å². The van der Waals surface area contributed by atoms with Gasteiger partial charge in [-0.05, 0) is 39.3 Å². The number of rotatable bonds is 7. The molecule has 1 fully saturated rings. The molecule has 0 aliphatic carbocycles. The minimum absolute atomic E-state index is 0.0752. The van der Waals surface area contributed by atoms with Crippen molar-refractivity contribution in [3.63, 3.8) is 0 Å². The molecule has 0 bridgehead atoms. The fraction of sp³-hybridized carbons (Fsp3) is 0.857. The zero-order valence-electron chi connectivity index (χ0n) is 12.2. The van der Waals surface area contributed by atoms with Crippen molar-refractivity contribution in [3.8, 4) is 0 Å². The molecular weight excluding hydrogens is 244 g/mol. The maximum Gasteiger partial charge on any atom is 0.310 e. The Morgan fingerprint density at radius 1 is 1.37 bits per heavy atom. The molecule has 1 aliphatic rings. The number of aliphatic carboxylic acids is 1. The third kappa shape index (κ3) is 3.93. The Balaban J connectivity index is 2.47. The molecule has 0 saturated carbocycles. The number of likely N-dealkylation sites (N-methyl/N-ethyl adjacent to an activating group) is 1. The number of carbonyl (C=O) groups excluding carboxylic acids is 1. The summed E-state index contributed by atoms with van der Waals surface area (Å²) >= 11 is 0. The van der Waals surface area contributed by atoms with Crippen LogP contribution in [0.25, 0.3) is 0 Å². The Hall–Kier alpha value is -1.10. The largest absolute Gasteiger partial charge is 0.481 e. The Labute approximate surface area is 115 Å². The Morgan fingerprint density at radius 2 is 2.00 bits per heavy atom. The van der Waals surface area contributed by atoms with E-state index in [9.17, 15) is 14.7 Å². The van der Waals surface area contributed by atoms with Gasteiger partial charge >= 0.3 is 5.97 Å². The highest BCUT2D eigenvalue weighted by molar-refractivity contribution is 5.84. The summed E-state index contributed by atoms with van der Waals surface area (Å²) in [6.45, 7) is 5.35. The second kappa shape index (κ2) is 6.89. The average Bonchev–Trinajstić information content (AvgIpc) is 2.79. The molecule has 1 atom stereocenters. The van der Waals surface area contributed by atoms with E-state index < -0.39 is 11.4 Å². The third-order valence-corrected chi connectivity index (χ3v) is 4.51. The van der Waals surface area contributed by atoms with E-state index in [4.69, 9.17) is 0 Å². The molecule has 1 amide bonds. The molecular formula is C14H26N2O3. The van der Waals surface area contributed by atoms with E-state index in [1.807, 2.05) is 13.8 Å². The van der Waals surface area contributed by atoms with Crippen LogP contribution in [0.1, 0.15) is 46.0 Å². The summed E-state index contributed by atoms with van der Waals surface area (Å²) in [7, 11) is 2.06. The number of carboxylic acid groups (broad SMARTS) is 1. The van der Waals surface area contributed by atoms with Gasteiger partial charge in [0.15, 0.2) is 0 Å². The van der Waals surface area contributed by atoms with Crippen LogP contribution in [0.15, 0.2) is 0 Å².